The smallest absolute Gasteiger partial charge is 0.303 e. The number of carbonyl (C=O) groups excluding carboxylic acids is 4. The third kappa shape index (κ3) is 7.46. The lowest BCUT2D eigenvalue weighted by atomic mass is 9.93. The number of rotatable bonds is 9. The van der Waals surface area contributed by atoms with Gasteiger partial charge in [0.05, 0.1) is 16.0 Å². The van der Waals surface area contributed by atoms with Gasteiger partial charge in [-0.05, 0) is 18.6 Å². The van der Waals surface area contributed by atoms with Crippen molar-refractivity contribution in [2.45, 2.75) is 69.0 Å². The van der Waals surface area contributed by atoms with Crippen molar-refractivity contribution in [3.8, 4) is 0 Å². The summed E-state index contributed by atoms with van der Waals surface area (Å²) in [5.74, 6) is -3.37. The lowest BCUT2D eigenvalue weighted by molar-refractivity contribution is -0.252. The zero-order chi connectivity index (χ0) is 27.3. The van der Waals surface area contributed by atoms with E-state index in [0.717, 1.165) is 39.0 Å². The maximum Gasteiger partial charge on any atom is 0.303 e. The molecule has 0 amide bonds. The maximum absolute atomic E-state index is 13.1. The second-order valence-corrected chi connectivity index (χ2v) is 11.6. The number of hydrogen-bond donors (Lipinski definition) is 0. The Morgan fingerprint density at radius 2 is 1.43 bits per heavy atom. The zero-order valence-corrected chi connectivity index (χ0v) is 22.2. The summed E-state index contributed by atoms with van der Waals surface area (Å²) in [6.07, 6.45) is -6.43. The number of nitrogens with zero attached hydrogens (tertiary/aromatic N) is 1. The quantitative estimate of drug-likeness (QED) is 0.324. The van der Waals surface area contributed by atoms with Crippen LogP contribution in [0.3, 0.4) is 0 Å². The Kier molecular flexibility index (Phi) is 9.21. The predicted octanol–water partition coefficient (Wildman–Crippen LogP) is 1.59. The van der Waals surface area contributed by atoms with Gasteiger partial charge in [0.15, 0.2) is 18.3 Å². The standard InChI is InChI=1S/C23H27NO11S2/c1-12(25)31-11-18-21(33-14(3)27)22(34-15(4)28)20(32-13(2)26)17(35-18)9-10-37(29,30)23-24-16-7-5-6-8-19(16)36-23/h5-8,17-18,20-22H,9-11H2,1-4H3/t17-,18-,20+,21-,22-/m1/s1. The van der Waals surface area contributed by atoms with Crippen molar-refractivity contribution in [1.82, 2.24) is 4.98 Å². The molecule has 5 atom stereocenters. The normalized spacial score (nSPS) is 23.7. The van der Waals surface area contributed by atoms with Crippen molar-refractivity contribution in [1.29, 1.82) is 0 Å². The summed E-state index contributed by atoms with van der Waals surface area (Å²) in [6, 6.07) is 6.97. The number of carbonyl (C=O) groups is 4. The van der Waals surface area contributed by atoms with Gasteiger partial charge >= 0.3 is 23.9 Å². The predicted molar refractivity (Wildman–Crippen MR) is 128 cm³/mol. The Morgan fingerprint density at radius 3 is 2.00 bits per heavy atom. The van der Waals surface area contributed by atoms with Gasteiger partial charge in [0, 0.05) is 27.7 Å². The number of fused-ring (bicyclic) bond motifs is 1. The molecule has 3 rings (SSSR count). The van der Waals surface area contributed by atoms with Crippen LogP contribution in [0.4, 0.5) is 0 Å². The fourth-order valence-electron chi connectivity index (χ4n) is 3.89. The van der Waals surface area contributed by atoms with Gasteiger partial charge in [-0.15, -0.1) is 11.3 Å². The van der Waals surface area contributed by atoms with Gasteiger partial charge < -0.3 is 23.7 Å². The topological polar surface area (TPSA) is 161 Å². The first kappa shape index (κ1) is 28.5. The Morgan fingerprint density at radius 1 is 0.865 bits per heavy atom. The Labute approximate surface area is 217 Å². The molecule has 1 aliphatic heterocycles. The number of benzene rings is 1. The Bertz CT molecular complexity index is 1240. The van der Waals surface area contributed by atoms with Crippen LogP contribution >= 0.6 is 11.3 Å². The molecule has 1 aromatic carbocycles. The van der Waals surface area contributed by atoms with Crippen LogP contribution in [0.25, 0.3) is 10.2 Å². The largest absolute Gasteiger partial charge is 0.463 e. The van der Waals surface area contributed by atoms with Crippen molar-refractivity contribution < 1.29 is 51.3 Å². The van der Waals surface area contributed by atoms with E-state index in [2.05, 4.69) is 4.98 Å². The zero-order valence-electron chi connectivity index (χ0n) is 20.6. The lowest BCUT2D eigenvalue weighted by Gasteiger charge is -2.44. The van der Waals surface area contributed by atoms with Gasteiger partial charge in [-0.3, -0.25) is 19.2 Å². The van der Waals surface area contributed by atoms with Gasteiger partial charge in [-0.1, -0.05) is 12.1 Å². The minimum atomic E-state index is -3.88. The summed E-state index contributed by atoms with van der Waals surface area (Å²) < 4.78 is 53.9. The van der Waals surface area contributed by atoms with Crippen LogP contribution in [0.1, 0.15) is 34.1 Å². The minimum Gasteiger partial charge on any atom is -0.463 e. The van der Waals surface area contributed by atoms with E-state index in [1.165, 1.54) is 0 Å². The van der Waals surface area contributed by atoms with Gasteiger partial charge in [0.1, 0.15) is 18.8 Å². The number of ether oxygens (including phenoxy) is 5. The van der Waals surface area contributed by atoms with Gasteiger partial charge in [-0.25, -0.2) is 13.4 Å². The molecule has 0 bridgehead atoms. The fraction of sp³-hybridized carbons (Fsp3) is 0.522. The molecule has 1 aromatic heterocycles. The number of sulfone groups is 1. The minimum absolute atomic E-state index is 0.0839. The van der Waals surface area contributed by atoms with Crippen LogP contribution in [-0.2, 0) is 52.7 Å². The van der Waals surface area contributed by atoms with Crippen LogP contribution < -0.4 is 0 Å². The van der Waals surface area contributed by atoms with Gasteiger partial charge in [0.25, 0.3) is 0 Å². The molecule has 1 saturated heterocycles. The summed E-state index contributed by atoms with van der Waals surface area (Å²) in [5.41, 5.74) is 0.540. The highest BCUT2D eigenvalue weighted by Gasteiger charge is 2.52. The molecule has 202 valence electrons. The summed E-state index contributed by atoms with van der Waals surface area (Å²) in [4.78, 5) is 51.3. The lowest BCUT2D eigenvalue weighted by Crippen LogP contribution is -2.62. The van der Waals surface area contributed by atoms with E-state index in [-0.39, 0.29) is 17.4 Å². The van der Waals surface area contributed by atoms with E-state index in [9.17, 15) is 27.6 Å². The third-order valence-corrected chi connectivity index (χ3v) is 8.54. The van der Waals surface area contributed by atoms with Crippen LogP contribution in [0.2, 0.25) is 0 Å². The molecule has 0 unspecified atom stereocenters. The number of thiazole rings is 1. The number of hydrogen-bond acceptors (Lipinski definition) is 13. The van der Waals surface area contributed by atoms with E-state index >= 15 is 0 Å². The molecule has 0 spiro atoms. The highest BCUT2D eigenvalue weighted by atomic mass is 32.2. The molecule has 0 aliphatic carbocycles. The second kappa shape index (κ2) is 12.0. The fourth-order valence-corrected chi connectivity index (χ4v) is 6.57. The number of para-hydroxylation sites is 1. The van der Waals surface area contributed by atoms with Crippen molar-refractivity contribution in [3.05, 3.63) is 24.3 Å². The average molecular weight is 558 g/mol. The van der Waals surface area contributed by atoms with E-state index < -0.39 is 70.0 Å². The summed E-state index contributed by atoms with van der Waals surface area (Å²) in [5, 5.41) is 0. The van der Waals surface area contributed by atoms with Gasteiger partial charge in [0.2, 0.25) is 14.2 Å². The summed E-state index contributed by atoms with van der Waals surface area (Å²) in [7, 11) is -3.88. The monoisotopic (exact) mass is 557 g/mol. The van der Waals surface area contributed by atoms with E-state index in [1.807, 2.05) is 0 Å². The first-order valence-electron chi connectivity index (χ1n) is 11.3. The van der Waals surface area contributed by atoms with E-state index in [4.69, 9.17) is 23.7 Å². The molecule has 0 N–H and O–H groups in total. The molecule has 0 saturated carbocycles. The molecule has 1 fully saturated rings. The molecular weight excluding hydrogens is 530 g/mol. The average Bonchev–Trinajstić information content (AvgIpc) is 3.24. The maximum atomic E-state index is 13.1. The molecule has 12 nitrogen and oxygen atoms in total. The Hall–Kier alpha value is -3.10. The van der Waals surface area contributed by atoms with Crippen molar-refractivity contribution in [2.75, 3.05) is 12.4 Å². The Balaban J connectivity index is 1.92. The van der Waals surface area contributed by atoms with Crippen LogP contribution in [0.15, 0.2) is 28.6 Å². The highest BCUT2D eigenvalue weighted by Crippen LogP contribution is 2.32. The van der Waals surface area contributed by atoms with Crippen LogP contribution in [-0.4, -0.2) is 80.2 Å². The summed E-state index contributed by atoms with van der Waals surface area (Å²) in [6.45, 7) is 4.12. The molecular formula is C23H27NO11S2. The molecule has 14 heteroatoms. The SMILES string of the molecule is CC(=O)OC[C@H]1O[C@H](CCS(=O)(=O)c2nc3ccccc3s2)[C@H](OC(C)=O)[C@@H](OC(C)=O)[C@@H]1OC(C)=O. The third-order valence-electron chi connectivity index (χ3n) is 5.30. The van der Waals surface area contributed by atoms with Crippen LogP contribution in [0.5, 0.6) is 0 Å². The molecule has 0 radical (unpaired) electrons. The first-order chi connectivity index (χ1) is 17.4. The second-order valence-electron chi connectivity index (χ2n) is 8.29. The highest BCUT2D eigenvalue weighted by molar-refractivity contribution is 7.93. The van der Waals surface area contributed by atoms with Crippen molar-refractivity contribution >= 4 is 55.3 Å². The van der Waals surface area contributed by atoms with E-state index in [0.29, 0.717) is 10.2 Å². The molecule has 2 aromatic rings. The van der Waals surface area contributed by atoms with Crippen LogP contribution in [0, 0.1) is 0 Å². The first-order valence-corrected chi connectivity index (χ1v) is 13.7. The molecule has 2 heterocycles. The van der Waals surface area contributed by atoms with E-state index in [1.54, 1.807) is 24.3 Å². The van der Waals surface area contributed by atoms with Crippen molar-refractivity contribution in [2.24, 2.45) is 0 Å². The number of esters is 4. The number of aromatic nitrogens is 1. The molecule has 37 heavy (non-hydrogen) atoms. The van der Waals surface area contributed by atoms with Crippen molar-refractivity contribution in [3.63, 3.8) is 0 Å². The van der Waals surface area contributed by atoms with Gasteiger partial charge in [-0.2, -0.15) is 0 Å². The molecule has 1 aliphatic rings. The summed E-state index contributed by atoms with van der Waals surface area (Å²) >= 11 is 1.02.